The van der Waals surface area contributed by atoms with E-state index in [9.17, 15) is 9.59 Å². The third-order valence-corrected chi connectivity index (χ3v) is 5.66. The van der Waals surface area contributed by atoms with Crippen molar-refractivity contribution in [3.63, 3.8) is 0 Å². The number of carbonyl (C=O) groups excluding carboxylic acids is 1. The number of hydrogen-bond donors (Lipinski definition) is 1. The molecular formula is C22H26N4O3. The van der Waals surface area contributed by atoms with Crippen LogP contribution in [0.5, 0.6) is 0 Å². The van der Waals surface area contributed by atoms with E-state index in [4.69, 9.17) is 4.74 Å². The van der Waals surface area contributed by atoms with Gasteiger partial charge in [-0.05, 0) is 43.4 Å². The predicted molar refractivity (Wildman–Crippen MR) is 111 cm³/mol. The van der Waals surface area contributed by atoms with Crippen molar-refractivity contribution in [3.8, 4) is 0 Å². The second-order valence-corrected chi connectivity index (χ2v) is 7.53. The highest BCUT2D eigenvalue weighted by atomic mass is 16.5. The third-order valence-electron chi connectivity index (χ3n) is 5.66. The number of hydrogen-bond acceptors (Lipinski definition) is 4. The van der Waals surface area contributed by atoms with E-state index in [2.05, 4.69) is 28.6 Å². The van der Waals surface area contributed by atoms with Crippen LogP contribution in [0.2, 0.25) is 0 Å². The van der Waals surface area contributed by atoms with Crippen LogP contribution >= 0.6 is 0 Å². The summed E-state index contributed by atoms with van der Waals surface area (Å²) >= 11 is 0. The molecule has 1 N–H and O–H groups in total. The molecule has 7 nitrogen and oxygen atoms in total. The number of fused-ring (bicyclic) bond motifs is 1. The van der Waals surface area contributed by atoms with Crippen LogP contribution in [0.15, 0.2) is 47.5 Å². The monoisotopic (exact) mass is 394 g/mol. The Labute approximate surface area is 169 Å². The maximum absolute atomic E-state index is 12.6. The van der Waals surface area contributed by atoms with E-state index in [1.807, 2.05) is 24.9 Å². The van der Waals surface area contributed by atoms with Gasteiger partial charge in [0.15, 0.2) is 0 Å². The second-order valence-electron chi connectivity index (χ2n) is 7.53. The highest BCUT2D eigenvalue weighted by Crippen LogP contribution is 2.40. The molecule has 3 aromatic rings. The highest BCUT2D eigenvalue weighted by Gasteiger charge is 2.32. The van der Waals surface area contributed by atoms with Crippen LogP contribution in [-0.2, 0) is 18.3 Å². The molecule has 2 aromatic heterocycles. The van der Waals surface area contributed by atoms with Crippen LogP contribution in [-0.4, -0.2) is 39.5 Å². The Morgan fingerprint density at radius 3 is 2.90 bits per heavy atom. The zero-order valence-corrected chi connectivity index (χ0v) is 16.8. The number of benzene rings is 1. The Kier molecular flexibility index (Phi) is 5.49. The largest absolute Gasteiger partial charge is 0.380 e. The highest BCUT2D eigenvalue weighted by molar-refractivity contribution is 5.94. The smallest absolute Gasteiger partial charge is 0.252 e. The predicted octanol–water partition coefficient (Wildman–Crippen LogP) is 2.45. The lowest BCUT2D eigenvalue weighted by molar-refractivity contribution is 0.0907. The fourth-order valence-electron chi connectivity index (χ4n) is 3.96. The van der Waals surface area contributed by atoms with Gasteiger partial charge in [0.05, 0.1) is 23.9 Å². The number of pyridine rings is 1. The number of nitrogens with one attached hydrogen (secondary N) is 1. The van der Waals surface area contributed by atoms with Crippen molar-refractivity contribution >= 4 is 16.8 Å². The third kappa shape index (κ3) is 3.96. The first-order chi connectivity index (χ1) is 14.1. The van der Waals surface area contributed by atoms with E-state index in [1.165, 1.54) is 21.6 Å². The molecule has 0 atom stereocenters. The molecule has 1 fully saturated rings. The first kappa shape index (κ1) is 19.4. The molecule has 2 heterocycles. The van der Waals surface area contributed by atoms with Gasteiger partial charge in [-0.25, -0.2) is 0 Å². The van der Waals surface area contributed by atoms with Gasteiger partial charge in [-0.1, -0.05) is 12.1 Å². The minimum Gasteiger partial charge on any atom is -0.380 e. The van der Waals surface area contributed by atoms with E-state index in [1.54, 1.807) is 12.3 Å². The lowest BCUT2D eigenvalue weighted by Crippen LogP contribution is -2.43. The average Bonchev–Trinajstić information content (AvgIpc) is 3.07. The molecule has 0 unspecified atom stereocenters. The Balaban J connectivity index is 1.38. The quantitative estimate of drug-likeness (QED) is 0.625. The number of amides is 1. The van der Waals surface area contributed by atoms with Crippen molar-refractivity contribution in [2.75, 3.05) is 13.2 Å². The van der Waals surface area contributed by atoms with Crippen molar-refractivity contribution < 1.29 is 9.53 Å². The van der Waals surface area contributed by atoms with Gasteiger partial charge in [0.1, 0.15) is 0 Å². The van der Waals surface area contributed by atoms with Crippen LogP contribution in [0.1, 0.15) is 41.6 Å². The normalized spacial score (nSPS) is 18.6. The molecular weight excluding hydrogens is 368 g/mol. The van der Waals surface area contributed by atoms with Gasteiger partial charge in [-0.15, -0.1) is 0 Å². The zero-order valence-electron chi connectivity index (χ0n) is 16.8. The molecule has 0 saturated heterocycles. The lowest BCUT2D eigenvalue weighted by Gasteiger charge is -2.36. The molecule has 7 heteroatoms. The molecule has 0 spiro atoms. The molecule has 0 bridgehead atoms. The van der Waals surface area contributed by atoms with Gasteiger partial charge in [0, 0.05) is 43.9 Å². The first-order valence-corrected chi connectivity index (χ1v) is 10.1. The number of ether oxygens (including phenoxy) is 1. The topological polar surface area (TPSA) is 78.2 Å². The summed E-state index contributed by atoms with van der Waals surface area (Å²) in [6.45, 7) is 3.40. The Morgan fingerprint density at radius 2 is 2.10 bits per heavy atom. The summed E-state index contributed by atoms with van der Waals surface area (Å²) < 4.78 is 8.71. The minimum atomic E-state index is -0.141. The van der Waals surface area contributed by atoms with Crippen molar-refractivity contribution in [3.05, 3.63) is 64.2 Å². The SMILES string of the molecule is CCOCCn1cc(C(=O)NC2CC(c3cccc4c3cnn4C)C2)ccc1=O. The number of rotatable bonds is 7. The van der Waals surface area contributed by atoms with Gasteiger partial charge in [0.2, 0.25) is 0 Å². The van der Waals surface area contributed by atoms with E-state index >= 15 is 0 Å². The lowest BCUT2D eigenvalue weighted by atomic mass is 9.75. The number of carbonyl (C=O) groups is 1. The minimum absolute atomic E-state index is 0.130. The van der Waals surface area contributed by atoms with Crippen LogP contribution in [0.25, 0.3) is 10.9 Å². The molecule has 1 aromatic carbocycles. The Morgan fingerprint density at radius 1 is 1.28 bits per heavy atom. The summed E-state index contributed by atoms with van der Waals surface area (Å²) in [6, 6.07) is 9.46. The molecule has 0 radical (unpaired) electrons. The Bertz CT molecular complexity index is 1080. The summed E-state index contributed by atoms with van der Waals surface area (Å²) in [5.41, 5.74) is 2.79. The molecule has 29 heavy (non-hydrogen) atoms. The molecule has 1 aliphatic rings. The van der Waals surface area contributed by atoms with Crippen molar-refractivity contribution in [2.24, 2.45) is 7.05 Å². The summed E-state index contributed by atoms with van der Waals surface area (Å²) in [5.74, 6) is 0.284. The van der Waals surface area contributed by atoms with Gasteiger partial charge in [0.25, 0.3) is 11.5 Å². The van der Waals surface area contributed by atoms with E-state index < -0.39 is 0 Å². The van der Waals surface area contributed by atoms with E-state index in [0.29, 0.717) is 31.2 Å². The van der Waals surface area contributed by atoms with Crippen LogP contribution in [0.4, 0.5) is 0 Å². The zero-order chi connectivity index (χ0) is 20.4. The van der Waals surface area contributed by atoms with Gasteiger partial charge >= 0.3 is 0 Å². The summed E-state index contributed by atoms with van der Waals surface area (Å²) in [6.07, 6.45) is 5.35. The first-order valence-electron chi connectivity index (χ1n) is 10.1. The fourth-order valence-corrected chi connectivity index (χ4v) is 3.96. The number of nitrogens with zero attached hydrogens (tertiary/aromatic N) is 3. The van der Waals surface area contributed by atoms with Crippen LogP contribution in [0.3, 0.4) is 0 Å². The summed E-state index contributed by atoms with van der Waals surface area (Å²) in [7, 11) is 1.95. The standard InChI is InChI=1S/C22H26N4O3/c1-3-29-10-9-26-14-15(7-8-21(26)27)22(28)24-17-11-16(12-17)18-5-4-6-20-19(18)13-23-25(20)2/h4-8,13-14,16-17H,3,9-12H2,1-2H3,(H,24,28). The molecule has 1 saturated carbocycles. The number of aromatic nitrogens is 3. The van der Waals surface area contributed by atoms with Gasteiger partial charge in [-0.2, -0.15) is 5.10 Å². The summed E-state index contributed by atoms with van der Waals surface area (Å²) in [5, 5.41) is 8.64. The fraction of sp³-hybridized carbons (Fsp3) is 0.409. The van der Waals surface area contributed by atoms with Gasteiger partial charge in [-0.3, -0.25) is 14.3 Å². The number of aryl methyl sites for hydroxylation is 1. The Hall–Kier alpha value is -2.93. The molecule has 1 amide bonds. The average molecular weight is 394 g/mol. The van der Waals surface area contributed by atoms with Crippen molar-refractivity contribution in [2.45, 2.75) is 38.3 Å². The van der Waals surface area contributed by atoms with E-state index in [-0.39, 0.29) is 17.5 Å². The van der Waals surface area contributed by atoms with Crippen molar-refractivity contribution in [1.29, 1.82) is 0 Å². The van der Waals surface area contributed by atoms with E-state index in [0.717, 1.165) is 18.4 Å². The second kappa shape index (κ2) is 8.21. The molecule has 1 aliphatic carbocycles. The summed E-state index contributed by atoms with van der Waals surface area (Å²) in [4.78, 5) is 24.6. The van der Waals surface area contributed by atoms with Gasteiger partial charge < -0.3 is 14.6 Å². The van der Waals surface area contributed by atoms with Crippen LogP contribution < -0.4 is 10.9 Å². The van der Waals surface area contributed by atoms with Crippen molar-refractivity contribution in [1.82, 2.24) is 19.7 Å². The maximum atomic E-state index is 12.6. The molecule has 152 valence electrons. The maximum Gasteiger partial charge on any atom is 0.252 e. The van der Waals surface area contributed by atoms with Crippen LogP contribution in [0, 0.1) is 0 Å². The molecule has 4 rings (SSSR count). The molecule has 0 aliphatic heterocycles.